The third-order valence-corrected chi connectivity index (χ3v) is 7.49. The van der Waals surface area contributed by atoms with Crippen LogP contribution in [-0.4, -0.2) is 42.9 Å². The molecule has 2 aliphatic rings. The van der Waals surface area contributed by atoms with Crippen molar-refractivity contribution in [2.24, 2.45) is 0 Å². The van der Waals surface area contributed by atoms with Crippen LogP contribution in [0.25, 0.3) is 0 Å². The molecule has 2 aromatic carbocycles. The lowest BCUT2D eigenvalue weighted by molar-refractivity contribution is 0.206. The number of hydrogen-bond acceptors (Lipinski definition) is 3. The smallest absolute Gasteiger partial charge is 0.314 e. The van der Waals surface area contributed by atoms with E-state index in [2.05, 4.69) is 0 Å². The fraction of sp³-hybridized carbons (Fsp3) is 0.350. The number of anilines is 1. The van der Waals surface area contributed by atoms with Gasteiger partial charge in [0, 0.05) is 17.3 Å². The van der Waals surface area contributed by atoms with E-state index in [-0.39, 0.29) is 29.6 Å². The lowest BCUT2D eigenvalue weighted by Gasteiger charge is -2.23. The molecular weight excluding hydrogens is 384 g/mol. The number of benzene rings is 2. The lowest BCUT2D eigenvalue weighted by atomic mass is 10.1. The summed E-state index contributed by atoms with van der Waals surface area (Å²) in [6, 6.07) is 12.5. The van der Waals surface area contributed by atoms with Gasteiger partial charge in [0.2, 0.25) is 0 Å². The third kappa shape index (κ3) is 3.32. The molecule has 2 atom stereocenters. The van der Waals surface area contributed by atoms with Crippen molar-refractivity contribution in [1.82, 2.24) is 4.90 Å². The zero-order chi connectivity index (χ0) is 19.3. The number of sulfone groups is 1. The second-order valence-corrected chi connectivity index (χ2v) is 9.97. The summed E-state index contributed by atoms with van der Waals surface area (Å²) in [6.45, 7) is 4.30. The van der Waals surface area contributed by atoms with Crippen LogP contribution in [0.4, 0.5) is 10.5 Å². The summed E-state index contributed by atoms with van der Waals surface area (Å²) in [5, 5.41) is 0.565. The highest BCUT2D eigenvalue weighted by Crippen LogP contribution is 2.37. The van der Waals surface area contributed by atoms with Crippen LogP contribution in [0.1, 0.15) is 16.7 Å². The predicted molar refractivity (Wildman–Crippen MR) is 107 cm³/mol. The van der Waals surface area contributed by atoms with Gasteiger partial charge in [0.15, 0.2) is 9.84 Å². The molecule has 2 saturated heterocycles. The van der Waals surface area contributed by atoms with Gasteiger partial charge in [-0.2, -0.15) is 0 Å². The molecule has 0 saturated carbocycles. The largest absolute Gasteiger partial charge is 0.325 e. The van der Waals surface area contributed by atoms with Crippen LogP contribution in [-0.2, 0) is 16.4 Å². The maximum atomic E-state index is 13.2. The monoisotopic (exact) mass is 404 g/mol. The number of hydrogen-bond donors (Lipinski definition) is 0. The Kier molecular flexibility index (Phi) is 4.43. The van der Waals surface area contributed by atoms with Crippen LogP contribution in [0.3, 0.4) is 0 Å². The first-order chi connectivity index (χ1) is 12.7. The maximum absolute atomic E-state index is 13.2. The number of halogens is 1. The van der Waals surface area contributed by atoms with Gasteiger partial charge >= 0.3 is 6.03 Å². The average Bonchev–Trinajstić information content (AvgIpc) is 3.03. The van der Waals surface area contributed by atoms with Crippen LogP contribution >= 0.6 is 11.6 Å². The van der Waals surface area contributed by atoms with E-state index in [1.54, 1.807) is 15.9 Å². The Morgan fingerprint density at radius 2 is 1.70 bits per heavy atom. The fourth-order valence-corrected chi connectivity index (χ4v) is 6.01. The molecule has 0 bridgehead atoms. The van der Waals surface area contributed by atoms with E-state index in [0.717, 1.165) is 16.7 Å². The number of carbonyl (C=O) groups is 1. The molecule has 142 valence electrons. The average molecular weight is 405 g/mol. The van der Waals surface area contributed by atoms with Gasteiger partial charge in [-0.25, -0.2) is 13.2 Å². The first-order valence-corrected chi connectivity index (χ1v) is 11.1. The second-order valence-electron chi connectivity index (χ2n) is 7.41. The molecule has 2 heterocycles. The zero-order valence-corrected chi connectivity index (χ0v) is 16.8. The van der Waals surface area contributed by atoms with Gasteiger partial charge in [0.05, 0.1) is 23.6 Å². The summed E-state index contributed by atoms with van der Waals surface area (Å²) in [6.07, 6.45) is 0. The van der Waals surface area contributed by atoms with Gasteiger partial charge in [0.25, 0.3) is 0 Å². The number of aryl methyl sites for hydroxylation is 2. The lowest BCUT2D eigenvalue weighted by Crippen LogP contribution is -2.37. The molecule has 2 fully saturated rings. The molecule has 4 rings (SSSR count). The maximum Gasteiger partial charge on any atom is 0.325 e. The van der Waals surface area contributed by atoms with E-state index in [4.69, 9.17) is 11.6 Å². The minimum absolute atomic E-state index is 0.00532. The molecule has 0 aromatic heterocycles. The second kappa shape index (κ2) is 6.53. The van der Waals surface area contributed by atoms with E-state index >= 15 is 0 Å². The first-order valence-electron chi connectivity index (χ1n) is 8.87. The van der Waals surface area contributed by atoms with Gasteiger partial charge in [-0.15, -0.1) is 0 Å². The number of rotatable bonds is 3. The third-order valence-electron chi connectivity index (χ3n) is 5.38. The van der Waals surface area contributed by atoms with Crippen LogP contribution in [0.5, 0.6) is 0 Å². The minimum atomic E-state index is -3.19. The molecule has 27 heavy (non-hydrogen) atoms. The Morgan fingerprint density at radius 3 is 2.37 bits per heavy atom. The molecule has 2 aliphatic heterocycles. The Hall–Kier alpha value is -2.05. The van der Waals surface area contributed by atoms with Crippen LogP contribution < -0.4 is 4.90 Å². The van der Waals surface area contributed by atoms with Crippen molar-refractivity contribution in [3.8, 4) is 0 Å². The number of amides is 2. The van der Waals surface area contributed by atoms with Crippen LogP contribution in [0, 0.1) is 13.8 Å². The van der Waals surface area contributed by atoms with Crippen molar-refractivity contribution in [2.75, 3.05) is 16.4 Å². The zero-order valence-electron chi connectivity index (χ0n) is 15.2. The summed E-state index contributed by atoms with van der Waals surface area (Å²) in [5.41, 5.74) is 3.69. The summed E-state index contributed by atoms with van der Waals surface area (Å²) >= 11 is 6.25. The van der Waals surface area contributed by atoms with Crippen molar-refractivity contribution < 1.29 is 13.2 Å². The number of carbonyl (C=O) groups excluding carboxylic acids is 1. The summed E-state index contributed by atoms with van der Waals surface area (Å²) in [5.74, 6) is -0.00926. The Balaban J connectivity index is 1.71. The SMILES string of the molecule is Cc1ccc(CN2C(=O)N(c3ccc(C)c(Cl)c3)[C@H]3CS(=O)(=O)C[C@H]32)cc1. The van der Waals surface area contributed by atoms with E-state index in [1.807, 2.05) is 50.2 Å². The predicted octanol–water partition coefficient (Wildman–Crippen LogP) is 3.56. The van der Waals surface area contributed by atoms with E-state index in [0.29, 0.717) is 17.3 Å². The van der Waals surface area contributed by atoms with Crippen molar-refractivity contribution in [1.29, 1.82) is 0 Å². The Morgan fingerprint density at radius 1 is 1.04 bits per heavy atom. The highest BCUT2D eigenvalue weighted by Gasteiger charge is 2.53. The molecule has 0 unspecified atom stereocenters. The molecule has 5 nitrogen and oxygen atoms in total. The summed E-state index contributed by atoms with van der Waals surface area (Å²) in [7, 11) is -3.19. The highest BCUT2D eigenvalue weighted by atomic mass is 35.5. The van der Waals surface area contributed by atoms with Crippen molar-refractivity contribution >= 4 is 33.2 Å². The van der Waals surface area contributed by atoms with Gasteiger partial charge in [-0.1, -0.05) is 47.5 Å². The molecule has 0 spiro atoms. The molecular formula is C20H21ClN2O3S. The standard InChI is InChI=1S/C20H21ClN2O3S/c1-13-3-6-15(7-4-13)10-22-18-11-27(25,26)12-19(18)23(20(22)24)16-8-5-14(2)17(21)9-16/h3-9,18-19H,10-12H2,1-2H3/t18-,19+/m1/s1. The number of fused-ring (bicyclic) bond motifs is 1. The topological polar surface area (TPSA) is 57.7 Å². The normalized spacial score (nSPS) is 23.7. The van der Waals surface area contributed by atoms with Gasteiger partial charge in [-0.05, 0) is 37.1 Å². The number of urea groups is 1. The summed E-state index contributed by atoms with van der Waals surface area (Å²) in [4.78, 5) is 16.5. The molecule has 0 aliphatic carbocycles. The minimum Gasteiger partial charge on any atom is -0.314 e. The summed E-state index contributed by atoms with van der Waals surface area (Å²) < 4.78 is 24.6. The molecule has 0 radical (unpaired) electrons. The van der Waals surface area contributed by atoms with Crippen LogP contribution in [0.2, 0.25) is 5.02 Å². The van der Waals surface area contributed by atoms with Crippen molar-refractivity contribution in [2.45, 2.75) is 32.5 Å². The quantitative estimate of drug-likeness (QED) is 0.735. The van der Waals surface area contributed by atoms with Gasteiger partial charge in [-0.3, -0.25) is 4.90 Å². The van der Waals surface area contributed by atoms with Crippen LogP contribution in [0.15, 0.2) is 42.5 Å². The van der Waals surface area contributed by atoms with Crippen molar-refractivity contribution in [3.05, 3.63) is 64.2 Å². The fourth-order valence-electron chi connectivity index (χ4n) is 3.89. The van der Waals surface area contributed by atoms with E-state index in [9.17, 15) is 13.2 Å². The Bertz CT molecular complexity index is 1000. The number of nitrogens with zero attached hydrogens (tertiary/aromatic N) is 2. The highest BCUT2D eigenvalue weighted by molar-refractivity contribution is 7.91. The molecule has 2 amide bonds. The van der Waals surface area contributed by atoms with Gasteiger partial charge in [0.1, 0.15) is 0 Å². The molecule has 7 heteroatoms. The van der Waals surface area contributed by atoms with E-state index < -0.39 is 9.84 Å². The first kappa shape index (κ1) is 18.3. The van der Waals surface area contributed by atoms with Crippen molar-refractivity contribution in [3.63, 3.8) is 0 Å². The Labute approximate surface area is 164 Å². The molecule has 0 N–H and O–H groups in total. The van der Waals surface area contributed by atoms with Gasteiger partial charge < -0.3 is 4.90 Å². The molecule has 2 aromatic rings. The van der Waals surface area contributed by atoms with E-state index in [1.165, 1.54) is 0 Å².